The van der Waals surface area contributed by atoms with Crippen molar-refractivity contribution in [2.45, 2.75) is 0 Å². The van der Waals surface area contributed by atoms with Crippen molar-refractivity contribution < 1.29 is 27.2 Å². The Kier molecular flexibility index (Phi) is 10.4. The normalized spacial score (nSPS) is 9.71. The van der Waals surface area contributed by atoms with Gasteiger partial charge in [0, 0.05) is 10.5 Å². The SMILES string of the molecule is Nc1cc(-c2cccc(F)c2)ccc1F.Nc1cc(Br)ccc1F.O[B]Oc1cccc(F)c1. The topological polar surface area (TPSA) is 81.5 Å². The van der Waals surface area contributed by atoms with Crippen LogP contribution in [0.15, 0.2) is 89.4 Å². The summed E-state index contributed by atoms with van der Waals surface area (Å²) < 4.78 is 55.8. The first kappa shape index (κ1) is 26.8. The van der Waals surface area contributed by atoms with E-state index in [1.807, 2.05) is 0 Å². The van der Waals surface area contributed by atoms with Gasteiger partial charge in [0.15, 0.2) is 0 Å². The second-order valence-corrected chi connectivity index (χ2v) is 7.51. The quantitative estimate of drug-likeness (QED) is 0.168. The molecule has 0 aliphatic carbocycles. The summed E-state index contributed by atoms with van der Waals surface area (Å²) in [6.07, 6.45) is 0. The molecule has 4 nitrogen and oxygen atoms in total. The Morgan fingerprint density at radius 1 is 0.676 bits per heavy atom. The van der Waals surface area contributed by atoms with E-state index in [0.29, 0.717) is 18.8 Å². The van der Waals surface area contributed by atoms with Crippen LogP contribution in [0.2, 0.25) is 0 Å². The molecule has 4 aromatic carbocycles. The standard InChI is InChI=1S/C12H9F2N.C6H5BFO2.C6H5BrFN/c13-10-3-1-2-8(6-10)9-4-5-11(14)12(15)7-9;8-5-2-1-3-6(4-5)10-7-9;7-4-1-2-5(8)6(9)3-4/h1-7H,15H2;1-4,9H;1-3H,9H2. The highest BCUT2D eigenvalue weighted by Crippen LogP contribution is 2.23. The molecule has 0 aromatic heterocycles. The molecule has 10 heteroatoms. The molecule has 0 aliphatic rings. The summed E-state index contributed by atoms with van der Waals surface area (Å²) in [5.74, 6) is -1.27. The molecule has 0 fully saturated rings. The molecule has 4 rings (SSSR count). The van der Waals surface area contributed by atoms with E-state index < -0.39 is 5.82 Å². The minimum absolute atomic E-state index is 0.0664. The molecule has 0 saturated carbocycles. The van der Waals surface area contributed by atoms with E-state index in [1.54, 1.807) is 24.3 Å². The zero-order valence-corrected chi connectivity index (χ0v) is 19.1. The molecular formula is C24H19BBrF4N2O2. The van der Waals surface area contributed by atoms with E-state index in [-0.39, 0.29) is 34.6 Å². The van der Waals surface area contributed by atoms with Crippen LogP contribution in [0.3, 0.4) is 0 Å². The number of rotatable bonds is 3. The summed E-state index contributed by atoms with van der Waals surface area (Å²) in [6.45, 7) is 0. The van der Waals surface area contributed by atoms with Crippen LogP contribution in [0.25, 0.3) is 11.1 Å². The highest BCUT2D eigenvalue weighted by Gasteiger charge is 2.03. The van der Waals surface area contributed by atoms with Gasteiger partial charge < -0.3 is 21.1 Å². The van der Waals surface area contributed by atoms with Crippen molar-refractivity contribution >= 4 is 35.0 Å². The van der Waals surface area contributed by atoms with Gasteiger partial charge >= 0.3 is 7.69 Å². The third kappa shape index (κ3) is 8.80. The Labute approximate surface area is 203 Å². The lowest BCUT2D eigenvalue weighted by molar-refractivity contribution is 0.451. The van der Waals surface area contributed by atoms with Crippen LogP contribution in [-0.4, -0.2) is 12.7 Å². The average molecular weight is 534 g/mol. The molecule has 0 amide bonds. The minimum Gasteiger partial charge on any atom is -0.537 e. The van der Waals surface area contributed by atoms with E-state index in [9.17, 15) is 17.6 Å². The van der Waals surface area contributed by atoms with Crippen LogP contribution in [-0.2, 0) is 0 Å². The molecule has 4 aromatic rings. The van der Waals surface area contributed by atoms with Crippen molar-refractivity contribution in [2.75, 3.05) is 11.5 Å². The van der Waals surface area contributed by atoms with E-state index in [4.69, 9.17) is 16.5 Å². The van der Waals surface area contributed by atoms with Crippen molar-refractivity contribution in [3.8, 4) is 16.9 Å². The summed E-state index contributed by atoms with van der Waals surface area (Å²) in [5.41, 5.74) is 12.3. The van der Waals surface area contributed by atoms with Gasteiger partial charge in [-0.1, -0.05) is 40.2 Å². The van der Waals surface area contributed by atoms with Crippen LogP contribution in [0, 0.1) is 23.3 Å². The van der Waals surface area contributed by atoms with Crippen molar-refractivity contribution in [1.29, 1.82) is 0 Å². The zero-order chi connectivity index (χ0) is 25.1. The fraction of sp³-hybridized carbons (Fsp3) is 0. The van der Waals surface area contributed by atoms with Gasteiger partial charge in [-0.15, -0.1) is 0 Å². The van der Waals surface area contributed by atoms with Gasteiger partial charge in [-0.05, 0) is 65.7 Å². The highest BCUT2D eigenvalue weighted by atomic mass is 79.9. The third-order valence-electron chi connectivity index (χ3n) is 4.10. The van der Waals surface area contributed by atoms with Crippen LogP contribution >= 0.6 is 15.9 Å². The lowest BCUT2D eigenvalue weighted by Gasteiger charge is -2.03. The first-order valence-corrected chi connectivity index (χ1v) is 10.4. The van der Waals surface area contributed by atoms with Gasteiger partial charge in [0.25, 0.3) is 0 Å². The number of nitrogens with two attached hydrogens (primary N) is 2. The summed E-state index contributed by atoms with van der Waals surface area (Å²) in [6, 6.07) is 20.4. The number of nitrogen functional groups attached to an aromatic ring is 2. The van der Waals surface area contributed by atoms with E-state index in [0.717, 1.165) is 4.47 Å². The summed E-state index contributed by atoms with van der Waals surface area (Å²) in [4.78, 5) is 0. The van der Waals surface area contributed by atoms with Crippen molar-refractivity contribution in [1.82, 2.24) is 0 Å². The molecule has 0 atom stereocenters. The van der Waals surface area contributed by atoms with Crippen molar-refractivity contribution in [3.05, 3.63) is 113 Å². The maximum Gasteiger partial charge on any atom is 0.569 e. The Bertz CT molecular complexity index is 1230. The Morgan fingerprint density at radius 3 is 1.76 bits per heavy atom. The number of halogens is 5. The molecule has 0 unspecified atom stereocenters. The molecule has 0 aliphatic heterocycles. The highest BCUT2D eigenvalue weighted by molar-refractivity contribution is 9.10. The number of benzene rings is 4. The number of anilines is 2. The van der Waals surface area contributed by atoms with E-state index >= 15 is 0 Å². The maximum atomic E-state index is 12.9. The largest absolute Gasteiger partial charge is 0.569 e. The summed E-state index contributed by atoms with van der Waals surface area (Å²) in [5, 5.41) is 8.14. The zero-order valence-electron chi connectivity index (χ0n) is 17.6. The molecular weight excluding hydrogens is 515 g/mol. The number of hydrogen-bond acceptors (Lipinski definition) is 4. The first-order chi connectivity index (χ1) is 16.2. The minimum atomic E-state index is -0.463. The number of hydrogen-bond donors (Lipinski definition) is 3. The van der Waals surface area contributed by atoms with Gasteiger partial charge in [0.2, 0.25) is 0 Å². The van der Waals surface area contributed by atoms with Crippen LogP contribution in [0.4, 0.5) is 28.9 Å². The molecule has 5 N–H and O–H groups in total. The van der Waals surface area contributed by atoms with Gasteiger partial charge in [0.05, 0.1) is 11.4 Å². The Hall–Kier alpha value is -3.50. The lowest BCUT2D eigenvalue weighted by atomic mass is 10.1. The van der Waals surface area contributed by atoms with Crippen molar-refractivity contribution in [3.63, 3.8) is 0 Å². The Morgan fingerprint density at radius 2 is 1.24 bits per heavy atom. The third-order valence-corrected chi connectivity index (χ3v) is 4.59. The van der Waals surface area contributed by atoms with Crippen LogP contribution in [0.5, 0.6) is 5.75 Å². The smallest absolute Gasteiger partial charge is 0.537 e. The van der Waals surface area contributed by atoms with Crippen LogP contribution < -0.4 is 16.1 Å². The lowest BCUT2D eigenvalue weighted by Crippen LogP contribution is -1.99. The fourth-order valence-electron chi connectivity index (χ4n) is 2.51. The van der Waals surface area contributed by atoms with E-state index in [2.05, 4.69) is 20.6 Å². The molecule has 0 bridgehead atoms. The summed E-state index contributed by atoms with van der Waals surface area (Å²) >= 11 is 3.15. The molecule has 0 saturated heterocycles. The predicted octanol–water partition coefficient (Wildman–Crippen LogP) is 6.12. The molecule has 0 spiro atoms. The van der Waals surface area contributed by atoms with Gasteiger partial charge in [-0.2, -0.15) is 0 Å². The van der Waals surface area contributed by atoms with Crippen molar-refractivity contribution in [2.24, 2.45) is 0 Å². The molecule has 0 heterocycles. The van der Waals surface area contributed by atoms with Gasteiger partial charge in [-0.3, -0.25) is 0 Å². The summed E-state index contributed by atoms with van der Waals surface area (Å²) in [7, 11) is 0.509. The predicted molar refractivity (Wildman–Crippen MR) is 130 cm³/mol. The maximum absolute atomic E-state index is 12.9. The fourth-order valence-corrected chi connectivity index (χ4v) is 2.89. The average Bonchev–Trinajstić information content (AvgIpc) is 2.80. The Balaban J connectivity index is 0.000000189. The monoisotopic (exact) mass is 533 g/mol. The van der Waals surface area contributed by atoms with E-state index in [1.165, 1.54) is 60.7 Å². The second-order valence-electron chi connectivity index (χ2n) is 6.59. The molecule has 34 heavy (non-hydrogen) atoms. The van der Waals surface area contributed by atoms with Crippen LogP contribution in [0.1, 0.15) is 0 Å². The second kappa shape index (κ2) is 13.3. The molecule has 175 valence electrons. The van der Waals surface area contributed by atoms with Gasteiger partial charge in [-0.25, -0.2) is 17.6 Å². The molecule has 1 radical (unpaired) electrons. The van der Waals surface area contributed by atoms with Gasteiger partial charge in [0.1, 0.15) is 29.0 Å². The first-order valence-electron chi connectivity index (χ1n) is 9.59.